The van der Waals surface area contributed by atoms with Crippen molar-refractivity contribution in [2.24, 2.45) is 0 Å². The lowest BCUT2D eigenvalue weighted by Gasteiger charge is -2.03. The van der Waals surface area contributed by atoms with Crippen LogP contribution in [0, 0.1) is 0 Å². The highest BCUT2D eigenvalue weighted by Gasteiger charge is 1.98. The summed E-state index contributed by atoms with van der Waals surface area (Å²) in [7, 11) is 0. The second-order valence-corrected chi connectivity index (χ2v) is 5.17. The molecule has 1 N–H and O–H groups in total. The zero-order valence-corrected chi connectivity index (χ0v) is 11.4. The van der Waals surface area contributed by atoms with E-state index in [0.717, 1.165) is 22.7 Å². The zero-order chi connectivity index (χ0) is 11.4. The van der Waals surface area contributed by atoms with Crippen LogP contribution in [0.1, 0.15) is 18.1 Å². The Morgan fingerprint density at radius 2 is 1.94 bits per heavy atom. The van der Waals surface area contributed by atoms with Gasteiger partial charge < -0.3 is 5.32 Å². The van der Waals surface area contributed by atoms with Crippen molar-refractivity contribution in [3.8, 4) is 0 Å². The van der Waals surface area contributed by atoms with Gasteiger partial charge in [0.2, 0.25) is 0 Å². The summed E-state index contributed by atoms with van der Waals surface area (Å²) in [4.78, 5) is 4.28. The van der Waals surface area contributed by atoms with Crippen LogP contribution in [0.3, 0.4) is 0 Å². The summed E-state index contributed by atoms with van der Waals surface area (Å²) in [6.45, 7) is 2.99. The van der Waals surface area contributed by atoms with Crippen molar-refractivity contribution >= 4 is 32.4 Å². The predicted octanol–water partition coefficient (Wildman–Crippen LogP) is 4.08. The van der Waals surface area contributed by atoms with Crippen molar-refractivity contribution in [2.45, 2.75) is 19.9 Å². The first-order chi connectivity index (χ1) is 7.78. The molecule has 2 nitrogen and oxygen atoms in total. The van der Waals surface area contributed by atoms with Gasteiger partial charge >= 0.3 is 0 Å². The van der Waals surface area contributed by atoms with E-state index in [4.69, 9.17) is 0 Å². The van der Waals surface area contributed by atoms with Gasteiger partial charge in [-0.3, -0.25) is 0 Å². The number of benzene rings is 1. The minimum absolute atomic E-state index is 0.823. The standard InChI is InChI=1S/C12H13BrN2S/c1-2-9-3-5-10(6-4-9)7-14-12-15-11(13)8-16-12/h3-6,8H,2,7H2,1H3,(H,14,15). The van der Waals surface area contributed by atoms with Crippen LogP contribution >= 0.6 is 27.3 Å². The molecule has 2 rings (SSSR count). The van der Waals surface area contributed by atoms with Crippen molar-refractivity contribution in [1.29, 1.82) is 0 Å². The number of thiazole rings is 1. The zero-order valence-electron chi connectivity index (χ0n) is 9.03. The maximum atomic E-state index is 4.28. The Kier molecular flexibility index (Phi) is 3.96. The summed E-state index contributed by atoms with van der Waals surface area (Å²) in [5, 5.41) is 6.22. The van der Waals surface area contributed by atoms with E-state index in [0.29, 0.717) is 0 Å². The first kappa shape index (κ1) is 11.6. The molecule has 0 amide bonds. The number of anilines is 1. The fourth-order valence-electron chi connectivity index (χ4n) is 1.41. The van der Waals surface area contributed by atoms with Gasteiger partial charge in [0.25, 0.3) is 0 Å². The summed E-state index contributed by atoms with van der Waals surface area (Å²) in [6.07, 6.45) is 1.09. The van der Waals surface area contributed by atoms with Crippen LogP contribution in [0.2, 0.25) is 0 Å². The molecule has 0 aliphatic carbocycles. The molecule has 0 saturated heterocycles. The molecule has 0 atom stereocenters. The molecule has 0 aliphatic rings. The molecule has 16 heavy (non-hydrogen) atoms. The Bertz CT molecular complexity index is 450. The van der Waals surface area contributed by atoms with Crippen molar-refractivity contribution in [1.82, 2.24) is 4.98 Å². The lowest BCUT2D eigenvalue weighted by molar-refractivity contribution is 1.10. The number of aryl methyl sites for hydroxylation is 1. The second-order valence-electron chi connectivity index (χ2n) is 3.50. The van der Waals surface area contributed by atoms with Gasteiger partial charge in [-0.05, 0) is 33.5 Å². The summed E-state index contributed by atoms with van der Waals surface area (Å²) in [5.74, 6) is 0. The van der Waals surface area contributed by atoms with Crippen molar-refractivity contribution < 1.29 is 0 Å². The predicted molar refractivity (Wildman–Crippen MR) is 73.0 cm³/mol. The maximum Gasteiger partial charge on any atom is 0.184 e. The van der Waals surface area contributed by atoms with Crippen LogP contribution in [0.25, 0.3) is 0 Å². The third kappa shape index (κ3) is 3.06. The minimum Gasteiger partial charge on any atom is -0.357 e. The highest BCUT2D eigenvalue weighted by Crippen LogP contribution is 2.20. The Morgan fingerprint density at radius 3 is 2.50 bits per heavy atom. The van der Waals surface area contributed by atoms with Crippen LogP contribution < -0.4 is 5.32 Å². The van der Waals surface area contributed by atoms with Gasteiger partial charge in [-0.25, -0.2) is 4.98 Å². The summed E-state index contributed by atoms with van der Waals surface area (Å²) >= 11 is 4.94. The largest absolute Gasteiger partial charge is 0.357 e. The van der Waals surface area contributed by atoms with E-state index >= 15 is 0 Å². The van der Waals surface area contributed by atoms with Crippen molar-refractivity contribution in [3.63, 3.8) is 0 Å². The maximum absolute atomic E-state index is 4.28. The number of nitrogens with one attached hydrogen (secondary N) is 1. The van der Waals surface area contributed by atoms with Crippen LogP contribution in [0.4, 0.5) is 5.13 Å². The quantitative estimate of drug-likeness (QED) is 0.919. The lowest BCUT2D eigenvalue weighted by Crippen LogP contribution is -1.98. The highest BCUT2D eigenvalue weighted by atomic mass is 79.9. The molecule has 0 saturated carbocycles. The van der Waals surface area contributed by atoms with Crippen LogP contribution in [0.5, 0.6) is 0 Å². The number of hydrogen-bond donors (Lipinski definition) is 1. The van der Waals surface area contributed by atoms with Crippen LogP contribution in [0.15, 0.2) is 34.2 Å². The average molecular weight is 297 g/mol. The van der Waals surface area contributed by atoms with Crippen LogP contribution in [-0.2, 0) is 13.0 Å². The molecule has 4 heteroatoms. The van der Waals surface area contributed by atoms with Gasteiger partial charge in [-0.1, -0.05) is 31.2 Å². The SMILES string of the molecule is CCc1ccc(CNc2nc(Br)cs2)cc1. The minimum atomic E-state index is 0.823. The van der Waals surface area contributed by atoms with Gasteiger partial charge in [0.1, 0.15) is 4.60 Å². The highest BCUT2D eigenvalue weighted by molar-refractivity contribution is 9.10. The van der Waals surface area contributed by atoms with E-state index in [1.54, 1.807) is 11.3 Å². The summed E-state index contributed by atoms with van der Waals surface area (Å²) < 4.78 is 0.890. The monoisotopic (exact) mass is 296 g/mol. The molecule has 1 aromatic heterocycles. The molecule has 1 heterocycles. The Hall–Kier alpha value is -0.870. The van der Waals surface area contributed by atoms with Crippen LogP contribution in [-0.4, -0.2) is 4.98 Å². The molecule has 1 aromatic carbocycles. The molecule has 0 aliphatic heterocycles. The van der Waals surface area contributed by atoms with E-state index in [2.05, 4.69) is 57.4 Å². The Morgan fingerprint density at radius 1 is 1.25 bits per heavy atom. The smallest absolute Gasteiger partial charge is 0.184 e. The molecular weight excluding hydrogens is 284 g/mol. The Labute approximate surface area is 108 Å². The van der Waals surface area contributed by atoms with Gasteiger partial charge in [-0.15, -0.1) is 11.3 Å². The summed E-state index contributed by atoms with van der Waals surface area (Å²) in [6, 6.07) is 8.67. The normalized spacial score (nSPS) is 10.4. The fraction of sp³-hybridized carbons (Fsp3) is 0.250. The number of nitrogens with zero attached hydrogens (tertiary/aromatic N) is 1. The van der Waals surface area contributed by atoms with E-state index in [9.17, 15) is 0 Å². The van der Waals surface area contributed by atoms with E-state index in [1.165, 1.54) is 11.1 Å². The van der Waals surface area contributed by atoms with Gasteiger partial charge in [-0.2, -0.15) is 0 Å². The van der Waals surface area contributed by atoms with Gasteiger partial charge in [0, 0.05) is 11.9 Å². The molecule has 0 radical (unpaired) electrons. The first-order valence-corrected chi connectivity index (χ1v) is 6.88. The third-order valence-corrected chi connectivity index (χ3v) is 3.86. The molecular formula is C12H13BrN2S. The van der Waals surface area contributed by atoms with E-state index in [1.807, 2.05) is 5.38 Å². The number of halogens is 1. The second kappa shape index (κ2) is 5.46. The molecule has 0 fully saturated rings. The average Bonchev–Trinajstić information content (AvgIpc) is 2.73. The molecule has 0 unspecified atom stereocenters. The number of aromatic nitrogens is 1. The van der Waals surface area contributed by atoms with E-state index < -0.39 is 0 Å². The topological polar surface area (TPSA) is 24.9 Å². The van der Waals surface area contributed by atoms with Crippen molar-refractivity contribution in [3.05, 3.63) is 45.4 Å². The Balaban J connectivity index is 1.94. The third-order valence-electron chi connectivity index (χ3n) is 2.35. The van der Waals surface area contributed by atoms with Gasteiger partial charge in [0.05, 0.1) is 0 Å². The summed E-state index contributed by atoms with van der Waals surface area (Å²) in [5.41, 5.74) is 2.66. The number of hydrogen-bond acceptors (Lipinski definition) is 3. The van der Waals surface area contributed by atoms with E-state index in [-0.39, 0.29) is 0 Å². The molecule has 84 valence electrons. The first-order valence-electron chi connectivity index (χ1n) is 5.20. The number of rotatable bonds is 4. The van der Waals surface area contributed by atoms with Crippen molar-refractivity contribution in [2.75, 3.05) is 5.32 Å². The molecule has 2 aromatic rings. The molecule has 0 bridgehead atoms. The lowest BCUT2D eigenvalue weighted by atomic mass is 10.1. The van der Waals surface area contributed by atoms with Gasteiger partial charge in [0.15, 0.2) is 5.13 Å². The fourth-order valence-corrected chi connectivity index (χ4v) is 2.55. The molecule has 0 spiro atoms.